The van der Waals surface area contributed by atoms with Gasteiger partial charge in [0, 0.05) is 19.6 Å². The molecule has 0 aromatic carbocycles. The van der Waals surface area contributed by atoms with Crippen molar-refractivity contribution in [2.45, 2.75) is 18.9 Å². The SMILES string of the molecule is N#CC1CCN(OC2CCNC2)C1. The van der Waals surface area contributed by atoms with Crippen molar-refractivity contribution in [3.05, 3.63) is 0 Å². The summed E-state index contributed by atoms with van der Waals surface area (Å²) in [6.07, 6.45) is 2.38. The molecular formula is C9H15N3O. The van der Waals surface area contributed by atoms with Crippen LogP contribution in [-0.2, 0) is 4.84 Å². The largest absolute Gasteiger partial charge is 0.314 e. The summed E-state index contributed by atoms with van der Waals surface area (Å²) in [7, 11) is 0. The summed E-state index contributed by atoms with van der Waals surface area (Å²) in [4.78, 5) is 5.72. The van der Waals surface area contributed by atoms with E-state index in [4.69, 9.17) is 10.1 Å². The predicted molar refractivity (Wildman–Crippen MR) is 47.7 cm³/mol. The van der Waals surface area contributed by atoms with E-state index >= 15 is 0 Å². The van der Waals surface area contributed by atoms with Crippen LogP contribution in [0, 0.1) is 17.2 Å². The monoisotopic (exact) mass is 181 g/mol. The van der Waals surface area contributed by atoms with Crippen LogP contribution in [0.15, 0.2) is 0 Å². The summed E-state index contributed by atoms with van der Waals surface area (Å²) >= 11 is 0. The summed E-state index contributed by atoms with van der Waals surface area (Å²) in [6, 6.07) is 2.28. The summed E-state index contributed by atoms with van der Waals surface area (Å²) < 4.78 is 0. The van der Waals surface area contributed by atoms with Gasteiger partial charge in [-0.15, -0.1) is 0 Å². The Bertz CT molecular complexity index is 207. The van der Waals surface area contributed by atoms with Crippen LogP contribution in [0.3, 0.4) is 0 Å². The van der Waals surface area contributed by atoms with E-state index in [9.17, 15) is 0 Å². The van der Waals surface area contributed by atoms with Gasteiger partial charge < -0.3 is 5.32 Å². The standard InChI is InChI=1S/C9H15N3O/c10-5-8-2-4-12(7-8)13-9-1-3-11-6-9/h8-9,11H,1-4,6-7H2. The Morgan fingerprint density at radius 2 is 2.38 bits per heavy atom. The van der Waals surface area contributed by atoms with Gasteiger partial charge in [0.05, 0.1) is 18.1 Å². The maximum atomic E-state index is 8.70. The second-order valence-corrected chi connectivity index (χ2v) is 3.72. The molecular weight excluding hydrogens is 166 g/mol. The van der Waals surface area contributed by atoms with E-state index < -0.39 is 0 Å². The van der Waals surface area contributed by atoms with Gasteiger partial charge in [-0.1, -0.05) is 0 Å². The molecule has 2 heterocycles. The van der Waals surface area contributed by atoms with Gasteiger partial charge in [0.15, 0.2) is 0 Å². The number of rotatable bonds is 2. The molecule has 4 heteroatoms. The minimum atomic E-state index is 0.175. The van der Waals surface area contributed by atoms with Crippen molar-refractivity contribution in [1.82, 2.24) is 10.4 Å². The van der Waals surface area contributed by atoms with Crippen molar-refractivity contribution in [2.24, 2.45) is 5.92 Å². The molecule has 2 unspecified atom stereocenters. The lowest BCUT2D eigenvalue weighted by atomic mass is 10.1. The van der Waals surface area contributed by atoms with E-state index in [1.165, 1.54) is 0 Å². The summed E-state index contributed by atoms with van der Waals surface area (Å²) in [5.74, 6) is 0.175. The van der Waals surface area contributed by atoms with E-state index in [1.807, 2.05) is 5.06 Å². The number of hydrogen-bond acceptors (Lipinski definition) is 4. The van der Waals surface area contributed by atoms with Gasteiger partial charge in [0.1, 0.15) is 0 Å². The van der Waals surface area contributed by atoms with Gasteiger partial charge in [0.25, 0.3) is 0 Å². The highest BCUT2D eigenvalue weighted by atomic mass is 16.7. The van der Waals surface area contributed by atoms with Crippen molar-refractivity contribution in [3.8, 4) is 6.07 Å². The molecule has 2 rings (SSSR count). The van der Waals surface area contributed by atoms with E-state index in [1.54, 1.807) is 0 Å². The Kier molecular flexibility index (Phi) is 2.79. The van der Waals surface area contributed by atoms with Crippen LogP contribution in [0.5, 0.6) is 0 Å². The van der Waals surface area contributed by atoms with Crippen molar-refractivity contribution in [1.29, 1.82) is 5.26 Å². The molecule has 13 heavy (non-hydrogen) atoms. The van der Waals surface area contributed by atoms with E-state index in [0.29, 0.717) is 6.10 Å². The maximum absolute atomic E-state index is 8.70. The molecule has 0 aliphatic carbocycles. The fraction of sp³-hybridized carbons (Fsp3) is 0.889. The molecule has 0 aromatic rings. The molecule has 0 aromatic heterocycles. The molecule has 2 atom stereocenters. The zero-order valence-electron chi connectivity index (χ0n) is 7.70. The zero-order chi connectivity index (χ0) is 9.10. The summed E-state index contributed by atoms with van der Waals surface area (Å²) in [6.45, 7) is 3.70. The van der Waals surface area contributed by atoms with Gasteiger partial charge in [-0.25, -0.2) is 0 Å². The van der Waals surface area contributed by atoms with E-state index in [0.717, 1.165) is 39.0 Å². The van der Waals surface area contributed by atoms with Crippen LogP contribution in [0.2, 0.25) is 0 Å². The Hall–Kier alpha value is -0.630. The Morgan fingerprint density at radius 1 is 1.46 bits per heavy atom. The quantitative estimate of drug-likeness (QED) is 0.657. The number of hydrogen-bond donors (Lipinski definition) is 1. The zero-order valence-corrected chi connectivity index (χ0v) is 7.70. The molecule has 0 saturated carbocycles. The second kappa shape index (κ2) is 4.05. The van der Waals surface area contributed by atoms with Gasteiger partial charge in [-0.3, -0.25) is 4.84 Å². The third-order valence-corrected chi connectivity index (χ3v) is 2.65. The second-order valence-electron chi connectivity index (χ2n) is 3.72. The number of nitrogens with one attached hydrogen (secondary N) is 1. The molecule has 4 nitrogen and oxygen atoms in total. The normalized spacial score (nSPS) is 35.0. The fourth-order valence-corrected chi connectivity index (χ4v) is 1.86. The molecule has 0 radical (unpaired) electrons. The highest BCUT2D eigenvalue weighted by Crippen LogP contribution is 2.17. The van der Waals surface area contributed by atoms with Crippen LogP contribution >= 0.6 is 0 Å². The first-order valence-corrected chi connectivity index (χ1v) is 4.90. The molecule has 0 amide bonds. The van der Waals surface area contributed by atoms with Crippen LogP contribution < -0.4 is 5.32 Å². The Labute approximate surface area is 78.4 Å². The predicted octanol–water partition coefficient (Wildman–Crippen LogP) is 0.125. The third kappa shape index (κ3) is 2.19. The van der Waals surface area contributed by atoms with Gasteiger partial charge in [-0.05, 0) is 19.4 Å². The average Bonchev–Trinajstić information content (AvgIpc) is 2.76. The number of nitriles is 1. The average molecular weight is 181 g/mol. The van der Waals surface area contributed by atoms with Gasteiger partial charge in [0.2, 0.25) is 0 Å². The van der Waals surface area contributed by atoms with Gasteiger partial charge >= 0.3 is 0 Å². The topological polar surface area (TPSA) is 48.3 Å². The molecule has 1 N–H and O–H groups in total. The first kappa shape index (κ1) is 8.95. The van der Waals surface area contributed by atoms with Crippen LogP contribution in [0.1, 0.15) is 12.8 Å². The summed E-state index contributed by atoms with van der Waals surface area (Å²) in [5.41, 5.74) is 0. The maximum Gasteiger partial charge on any atom is 0.0929 e. The molecule has 2 saturated heterocycles. The summed E-state index contributed by atoms with van der Waals surface area (Å²) in [5, 5.41) is 13.9. The van der Waals surface area contributed by atoms with E-state index in [2.05, 4.69) is 11.4 Å². The number of hydroxylamine groups is 2. The lowest BCUT2D eigenvalue weighted by molar-refractivity contribution is -0.178. The molecule has 2 aliphatic rings. The first-order chi connectivity index (χ1) is 6.38. The van der Waals surface area contributed by atoms with Crippen LogP contribution in [-0.4, -0.2) is 37.3 Å². The van der Waals surface area contributed by atoms with Crippen LogP contribution in [0.25, 0.3) is 0 Å². The van der Waals surface area contributed by atoms with Crippen LogP contribution in [0.4, 0.5) is 0 Å². The molecule has 0 spiro atoms. The Balaban J connectivity index is 1.74. The Morgan fingerprint density at radius 3 is 3.00 bits per heavy atom. The van der Waals surface area contributed by atoms with Crippen molar-refractivity contribution in [2.75, 3.05) is 26.2 Å². The minimum absolute atomic E-state index is 0.175. The molecule has 2 aliphatic heterocycles. The number of nitrogens with zero attached hydrogens (tertiary/aromatic N) is 2. The highest BCUT2D eigenvalue weighted by molar-refractivity contribution is 4.88. The lowest BCUT2D eigenvalue weighted by Crippen LogP contribution is -2.29. The molecule has 72 valence electrons. The highest BCUT2D eigenvalue weighted by Gasteiger charge is 2.26. The molecule has 2 fully saturated rings. The van der Waals surface area contributed by atoms with E-state index in [-0.39, 0.29) is 5.92 Å². The van der Waals surface area contributed by atoms with Crippen molar-refractivity contribution < 1.29 is 4.84 Å². The molecule has 0 bridgehead atoms. The lowest BCUT2D eigenvalue weighted by Gasteiger charge is -2.19. The van der Waals surface area contributed by atoms with Crippen molar-refractivity contribution in [3.63, 3.8) is 0 Å². The smallest absolute Gasteiger partial charge is 0.0929 e. The minimum Gasteiger partial charge on any atom is -0.314 e. The van der Waals surface area contributed by atoms with Gasteiger partial charge in [-0.2, -0.15) is 10.3 Å². The van der Waals surface area contributed by atoms with Crippen molar-refractivity contribution >= 4 is 0 Å². The first-order valence-electron chi connectivity index (χ1n) is 4.90. The fourth-order valence-electron chi connectivity index (χ4n) is 1.86. The third-order valence-electron chi connectivity index (χ3n) is 2.65.